The van der Waals surface area contributed by atoms with Crippen LogP contribution < -0.4 is 5.32 Å². The first kappa shape index (κ1) is 15.5. The molecule has 0 aromatic heterocycles. The second kappa shape index (κ2) is 7.19. The Kier molecular flexibility index (Phi) is 5.06. The van der Waals surface area contributed by atoms with E-state index in [1.807, 2.05) is 6.07 Å². The summed E-state index contributed by atoms with van der Waals surface area (Å²) < 4.78 is 4.45. The van der Waals surface area contributed by atoms with Gasteiger partial charge in [0.05, 0.1) is 29.9 Å². The Labute approximate surface area is 130 Å². The number of amides is 1. The molecule has 1 aliphatic rings. The topological polar surface area (TPSA) is 104 Å². The van der Waals surface area contributed by atoms with Crippen molar-refractivity contribution in [3.05, 3.63) is 46.4 Å². The lowest BCUT2D eigenvalue weighted by molar-refractivity contribution is -0.135. The highest BCUT2D eigenvalue weighted by Crippen LogP contribution is 2.23. The van der Waals surface area contributed by atoms with Gasteiger partial charge in [-0.05, 0) is 29.5 Å². The Balaban J connectivity index is 2.03. The molecule has 1 fully saturated rings. The first-order valence-electron chi connectivity index (χ1n) is 6.02. The smallest absolute Gasteiger partial charge is 0.331 e. The average Bonchev–Trinajstić information content (AvgIpc) is 2.87. The van der Waals surface area contributed by atoms with Crippen LogP contribution in [-0.2, 0) is 14.3 Å². The van der Waals surface area contributed by atoms with Gasteiger partial charge in [-0.25, -0.2) is 4.79 Å². The fourth-order valence-electron chi connectivity index (χ4n) is 1.43. The quantitative estimate of drug-likeness (QED) is 0.390. The molecule has 1 N–H and O–H groups in total. The van der Waals surface area contributed by atoms with E-state index >= 15 is 0 Å². The lowest BCUT2D eigenvalue weighted by Gasteiger charge is -1.92. The van der Waals surface area contributed by atoms with Gasteiger partial charge in [0.1, 0.15) is 0 Å². The van der Waals surface area contributed by atoms with E-state index in [4.69, 9.17) is 5.26 Å². The highest BCUT2D eigenvalue weighted by molar-refractivity contribution is 8.18. The van der Waals surface area contributed by atoms with Crippen molar-refractivity contribution in [3.8, 4) is 6.07 Å². The molecule has 0 spiro atoms. The van der Waals surface area contributed by atoms with Gasteiger partial charge in [0, 0.05) is 6.08 Å². The number of amidine groups is 1. The number of hydrogen-bond acceptors (Lipinski definition) is 7. The van der Waals surface area contributed by atoms with Gasteiger partial charge in [0.15, 0.2) is 5.17 Å². The summed E-state index contributed by atoms with van der Waals surface area (Å²) in [6.45, 7) is 0. The van der Waals surface area contributed by atoms with Gasteiger partial charge in [-0.2, -0.15) is 10.4 Å². The number of thioether (sulfide) groups is 1. The summed E-state index contributed by atoms with van der Waals surface area (Å²) in [4.78, 5) is 22.8. The van der Waals surface area contributed by atoms with E-state index in [0.29, 0.717) is 5.56 Å². The molecule has 0 unspecified atom stereocenters. The highest BCUT2D eigenvalue weighted by Gasteiger charge is 2.24. The van der Waals surface area contributed by atoms with Crippen LogP contribution in [0, 0.1) is 11.3 Å². The summed E-state index contributed by atoms with van der Waals surface area (Å²) in [6, 6.07) is 8.80. The molecule has 1 amide bonds. The van der Waals surface area contributed by atoms with E-state index in [1.54, 1.807) is 24.3 Å². The minimum Gasteiger partial charge on any atom is -0.466 e. The van der Waals surface area contributed by atoms with Crippen LogP contribution in [0.15, 0.2) is 45.4 Å². The van der Waals surface area contributed by atoms with Gasteiger partial charge in [-0.3, -0.25) is 10.1 Å². The first-order valence-corrected chi connectivity index (χ1v) is 6.84. The number of carbonyl (C=O) groups excluding carboxylic acids is 2. The third-order valence-corrected chi connectivity index (χ3v) is 3.40. The van der Waals surface area contributed by atoms with E-state index in [9.17, 15) is 9.59 Å². The largest absolute Gasteiger partial charge is 0.466 e. The summed E-state index contributed by atoms with van der Waals surface area (Å²) in [5, 5.41) is 19.1. The fourth-order valence-corrected chi connectivity index (χ4v) is 2.17. The van der Waals surface area contributed by atoms with Gasteiger partial charge in [0.25, 0.3) is 5.91 Å². The predicted octanol–water partition coefficient (Wildman–Crippen LogP) is 1.17. The van der Waals surface area contributed by atoms with Crippen LogP contribution in [0.1, 0.15) is 11.1 Å². The minimum absolute atomic E-state index is 0.194. The number of nitrogens with zero attached hydrogens (tertiary/aromatic N) is 3. The standard InChI is InChI=1S/C14H10N4O3S/c1-21-12(19)6-11-13(20)17-14(22-11)18-16-8-10-4-2-9(7-15)3-5-10/h2-6,8H,1H3,(H,17,18,20)/b11-6+,16-8?. The molecule has 0 radical (unpaired) electrons. The third kappa shape index (κ3) is 4.04. The fraction of sp³-hybridized carbons (Fsp3) is 0.0714. The van der Waals surface area contributed by atoms with Crippen LogP contribution in [0.5, 0.6) is 0 Å². The molecule has 0 aliphatic carbocycles. The summed E-state index contributed by atoms with van der Waals surface area (Å²) >= 11 is 0.996. The van der Waals surface area contributed by atoms with Crippen LogP contribution in [0.4, 0.5) is 0 Å². The molecule has 1 aromatic carbocycles. The van der Waals surface area contributed by atoms with E-state index in [1.165, 1.54) is 13.3 Å². The van der Waals surface area contributed by atoms with Crippen molar-refractivity contribution < 1.29 is 14.3 Å². The summed E-state index contributed by atoms with van der Waals surface area (Å²) in [5.41, 5.74) is 1.32. The van der Waals surface area contributed by atoms with Gasteiger partial charge < -0.3 is 4.74 Å². The van der Waals surface area contributed by atoms with Crippen LogP contribution in [-0.4, -0.2) is 30.4 Å². The van der Waals surface area contributed by atoms with E-state index in [-0.39, 0.29) is 10.1 Å². The number of nitrogens with one attached hydrogen (secondary N) is 1. The second-order valence-electron chi connectivity index (χ2n) is 3.97. The molecular formula is C14H10N4O3S. The Morgan fingerprint density at radius 3 is 2.77 bits per heavy atom. The molecule has 0 atom stereocenters. The van der Waals surface area contributed by atoms with Crippen molar-refractivity contribution >= 4 is 35.0 Å². The Bertz CT molecular complexity index is 729. The van der Waals surface area contributed by atoms with E-state index in [0.717, 1.165) is 23.4 Å². The van der Waals surface area contributed by atoms with Crippen LogP contribution in [0.3, 0.4) is 0 Å². The van der Waals surface area contributed by atoms with Gasteiger partial charge in [-0.15, -0.1) is 5.10 Å². The number of carbonyl (C=O) groups is 2. The number of methoxy groups -OCH3 is 1. The molecule has 7 nitrogen and oxygen atoms in total. The van der Waals surface area contributed by atoms with Crippen LogP contribution in [0.25, 0.3) is 0 Å². The molecule has 110 valence electrons. The van der Waals surface area contributed by atoms with Gasteiger partial charge >= 0.3 is 5.97 Å². The van der Waals surface area contributed by atoms with E-state index < -0.39 is 11.9 Å². The zero-order chi connectivity index (χ0) is 15.9. The molecule has 1 aliphatic heterocycles. The van der Waals surface area contributed by atoms with Crippen LogP contribution in [0.2, 0.25) is 0 Å². The molecule has 22 heavy (non-hydrogen) atoms. The van der Waals surface area contributed by atoms with Crippen molar-refractivity contribution in [1.82, 2.24) is 5.32 Å². The average molecular weight is 314 g/mol. The van der Waals surface area contributed by atoms with Gasteiger partial charge in [-0.1, -0.05) is 12.1 Å². The maximum atomic E-state index is 11.6. The minimum atomic E-state index is -0.611. The van der Waals surface area contributed by atoms with Crippen molar-refractivity contribution in [2.45, 2.75) is 0 Å². The normalized spacial score (nSPS) is 17.7. The summed E-state index contributed by atoms with van der Waals surface area (Å²) in [7, 11) is 1.23. The molecular weight excluding hydrogens is 304 g/mol. The first-order chi connectivity index (χ1) is 10.6. The maximum Gasteiger partial charge on any atom is 0.331 e. The molecule has 8 heteroatoms. The lowest BCUT2D eigenvalue weighted by atomic mass is 10.2. The summed E-state index contributed by atoms with van der Waals surface area (Å²) in [5.74, 6) is -1.04. The Hall–Kier alpha value is -2.92. The van der Waals surface area contributed by atoms with E-state index in [2.05, 4.69) is 20.3 Å². The zero-order valence-corrected chi connectivity index (χ0v) is 12.3. The zero-order valence-electron chi connectivity index (χ0n) is 11.4. The second-order valence-corrected chi connectivity index (χ2v) is 5.00. The Morgan fingerprint density at radius 2 is 2.14 bits per heavy atom. The molecule has 1 aromatic rings. The molecule has 1 saturated heterocycles. The molecule has 0 bridgehead atoms. The Morgan fingerprint density at radius 1 is 1.41 bits per heavy atom. The van der Waals surface area contributed by atoms with Gasteiger partial charge in [0.2, 0.25) is 0 Å². The van der Waals surface area contributed by atoms with Crippen molar-refractivity contribution in [2.75, 3.05) is 7.11 Å². The molecule has 2 rings (SSSR count). The number of ether oxygens (including phenoxy) is 1. The number of rotatable bonds is 3. The van der Waals surface area contributed by atoms with Crippen molar-refractivity contribution in [3.63, 3.8) is 0 Å². The van der Waals surface area contributed by atoms with Crippen molar-refractivity contribution in [2.24, 2.45) is 10.2 Å². The number of benzene rings is 1. The van der Waals surface area contributed by atoms with Crippen LogP contribution >= 0.6 is 11.8 Å². The molecule has 0 saturated carbocycles. The number of hydrogen-bond donors (Lipinski definition) is 1. The monoisotopic (exact) mass is 314 g/mol. The number of esters is 1. The van der Waals surface area contributed by atoms with Crippen molar-refractivity contribution in [1.29, 1.82) is 5.26 Å². The predicted molar refractivity (Wildman–Crippen MR) is 82.0 cm³/mol. The highest BCUT2D eigenvalue weighted by atomic mass is 32.2. The molecule has 1 heterocycles. The third-order valence-electron chi connectivity index (χ3n) is 2.50. The summed E-state index contributed by atoms with van der Waals surface area (Å²) in [6.07, 6.45) is 2.58. The maximum absolute atomic E-state index is 11.6. The SMILES string of the molecule is COC(=O)/C=C1/S/C(=N\N=Cc2ccc(C#N)cc2)NC1=O. The lowest BCUT2D eigenvalue weighted by Crippen LogP contribution is -2.19. The number of nitriles is 1.